The van der Waals surface area contributed by atoms with Crippen LogP contribution in [-0.4, -0.2) is 43.6 Å². The molecule has 8 nitrogen and oxygen atoms in total. The van der Waals surface area contributed by atoms with Gasteiger partial charge in [0, 0.05) is 13.1 Å². The van der Waals surface area contributed by atoms with Crippen LogP contribution in [0, 0.1) is 20.8 Å². The van der Waals surface area contributed by atoms with Gasteiger partial charge in [0.05, 0.1) is 19.9 Å². The van der Waals surface area contributed by atoms with Gasteiger partial charge in [0.2, 0.25) is 20.0 Å². The summed E-state index contributed by atoms with van der Waals surface area (Å²) in [4.78, 5) is 0.273. The van der Waals surface area contributed by atoms with Crippen molar-refractivity contribution in [2.24, 2.45) is 0 Å². The molecule has 0 aliphatic rings. The molecule has 0 radical (unpaired) electrons. The Balaban J connectivity index is 1.75. The minimum Gasteiger partial charge on any atom is -0.223 e. The summed E-state index contributed by atoms with van der Waals surface area (Å²) >= 11 is 0. The first kappa shape index (κ1) is 29.0. The minimum absolute atomic E-state index is 0.0342. The molecule has 0 heterocycles. The molecule has 0 aromatic heterocycles. The molecule has 0 unspecified atom stereocenters. The monoisotopic (exact) mass is 564 g/mol. The van der Waals surface area contributed by atoms with E-state index in [-0.39, 0.29) is 40.6 Å². The molecular formula is C26H32N2O6S3. The van der Waals surface area contributed by atoms with E-state index in [1.807, 2.05) is 20.8 Å². The van der Waals surface area contributed by atoms with E-state index >= 15 is 0 Å². The second kappa shape index (κ2) is 11.9. The van der Waals surface area contributed by atoms with Crippen molar-refractivity contribution in [1.82, 2.24) is 9.44 Å². The van der Waals surface area contributed by atoms with Crippen LogP contribution in [0.5, 0.6) is 0 Å². The lowest BCUT2D eigenvalue weighted by Gasteiger charge is -2.19. The zero-order chi connectivity index (χ0) is 27.3. The van der Waals surface area contributed by atoms with Crippen molar-refractivity contribution in [2.75, 3.05) is 13.1 Å². The Kier molecular flexibility index (Phi) is 9.30. The van der Waals surface area contributed by atoms with E-state index < -0.39 is 35.1 Å². The fourth-order valence-electron chi connectivity index (χ4n) is 3.69. The van der Waals surface area contributed by atoms with Gasteiger partial charge in [-0.05, 0) is 70.0 Å². The molecule has 0 aliphatic carbocycles. The van der Waals surface area contributed by atoms with Gasteiger partial charge in [-0.25, -0.2) is 34.7 Å². The largest absolute Gasteiger partial charge is 0.240 e. The fraction of sp³-hybridized carbons (Fsp3) is 0.308. The highest BCUT2D eigenvalue weighted by Gasteiger charge is 2.28. The highest BCUT2D eigenvalue weighted by molar-refractivity contribution is 7.92. The first-order valence-electron chi connectivity index (χ1n) is 11.7. The smallest absolute Gasteiger partial charge is 0.223 e. The molecule has 3 rings (SSSR count). The summed E-state index contributed by atoms with van der Waals surface area (Å²) in [5, 5.41) is -1.02. The topological polar surface area (TPSA) is 126 Å². The van der Waals surface area contributed by atoms with E-state index in [9.17, 15) is 25.3 Å². The summed E-state index contributed by atoms with van der Waals surface area (Å²) in [6.07, 6.45) is -0.0683. The number of hydrogen-bond acceptors (Lipinski definition) is 6. The lowest BCUT2D eigenvalue weighted by Crippen LogP contribution is -2.34. The van der Waals surface area contributed by atoms with E-state index in [1.165, 1.54) is 36.4 Å². The molecule has 3 aromatic carbocycles. The maximum atomic E-state index is 13.4. The zero-order valence-corrected chi connectivity index (χ0v) is 23.5. The molecule has 0 bridgehead atoms. The highest BCUT2D eigenvalue weighted by atomic mass is 32.2. The molecule has 0 saturated heterocycles. The molecule has 0 fully saturated rings. The van der Waals surface area contributed by atoms with E-state index in [1.54, 1.807) is 36.4 Å². The van der Waals surface area contributed by atoms with E-state index in [2.05, 4.69) is 9.44 Å². The van der Waals surface area contributed by atoms with Crippen molar-refractivity contribution in [1.29, 1.82) is 0 Å². The number of nitrogens with one attached hydrogen (secondary N) is 2. The summed E-state index contributed by atoms with van der Waals surface area (Å²) in [6, 6.07) is 19.0. The SMILES string of the molecule is Cc1ccc(S(=O)(=O)NCCC(CCNS(=O)(=O)c2ccc(C)cc2)S(=O)(=O)c2ccc(C)cc2)cc1. The number of aryl methyl sites for hydroxylation is 3. The van der Waals surface area contributed by atoms with Crippen molar-refractivity contribution >= 4 is 29.9 Å². The zero-order valence-electron chi connectivity index (χ0n) is 21.0. The Morgan fingerprint density at radius 1 is 0.514 bits per heavy atom. The van der Waals surface area contributed by atoms with Gasteiger partial charge in [-0.2, -0.15) is 0 Å². The fourth-order valence-corrected chi connectivity index (χ4v) is 7.54. The van der Waals surface area contributed by atoms with E-state index in [4.69, 9.17) is 0 Å². The van der Waals surface area contributed by atoms with E-state index in [0.717, 1.165) is 16.7 Å². The number of benzene rings is 3. The Bertz CT molecular complexity index is 1430. The van der Waals surface area contributed by atoms with Gasteiger partial charge in [0.15, 0.2) is 9.84 Å². The molecule has 3 aromatic rings. The second-order valence-corrected chi connectivity index (χ2v) is 14.7. The number of hydrogen-bond donors (Lipinski definition) is 2. The van der Waals surface area contributed by atoms with Crippen molar-refractivity contribution < 1.29 is 25.3 Å². The third-order valence-electron chi connectivity index (χ3n) is 5.97. The molecule has 0 saturated carbocycles. The van der Waals surface area contributed by atoms with Gasteiger partial charge < -0.3 is 0 Å². The Hall–Kier alpha value is -2.57. The van der Waals surface area contributed by atoms with Crippen LogP contribution in [0.2, 0.25) is 0 Å². The minimum atomic E-state index is -3.86. The van der Waals surface area contributed by atoms with Crippen LogP contribution in [0.3, 0.4) is 0 Å². The summed E-state index contributed by atoms with van der Waals surface area (Å²) in [5.41, 5.74) is 2.72. The van der Waals surface area contributed by atoms with Crippen molar-refractivity contribution in [2.45, 2.75) is 53.5 Å². The second-order valence-electron chi connectivity index (χ2n) is 8.98. The van der Waals surface area contributed by atoms with Gasteiger partial charge in [-0.3, -0.25) is 0 Å². The van der Waals surface area contributed by atoms with Crippen LogP contribution in [0.15, 0.2) is 87.5 Å². The third-order valence-corrected chi connectivity index (χ3v) is 11.2. The van der Waals surface area contributed by atoms with Gasteiger partial charge in [-0.1, -0.05) is 53.1 Å². The van der Waals surface area contributed by atoms with Crippen LogP contribution in [0.1, 0.15) is 29.5 Å². The van der Waals surface area contributed by atoms with Crippen LogP contribution in [0.4, 0.5) is 0 Å². The van der Waals surface area contributed by atoms with Crippen LogP contribution >= 0.6 is 0 Å². The quantitative estimate of drug-likeness (QED) is 0.347. The standard InChI is InChI=1S/C26H32N2O6S3/c1-20-4-10-23(11-5-20)35(29,30)24(16-18-27-36(31,32)25-12-6-21(2)7-13-25)17-19-28-37(33,34)26-14-8-22(3)9-15-26/h4-15,24,27-28H,16-19H2,1-3H3. The molecule has 200 valence electrons. The van der Waals surface area contributed by atoms with E-state index in [0.29, 0.717) is 0 Å². The van der Waals surface area contributed by atoms with Crippen molar-refractivity contribution in [3.8, 4) is 0 Å². The summed E-state index contributed by atoms with van der Waals surface area (Å²) in [6.45, 7) is 5.27. The predicted molar refractivity (Wildman–Crippen MR) is 144 cm³/mol. The highest BCUT2D eigenvalue weighted by Crippen LogP contribution is 2.22. The third kappa shape index (κ3) is 7.71. The number of sulfonamides is 2. The lowest BCUT2D eigenvalue weighted by atomic mass is 10.2. The molecule has 0 aliphatic heterocycles. The van der Waals surface area contributed by atoms with Crippen molar-refractivity contribution in [3.05, 3.63) is 89.5 Å². The average molecular weight is 565 g/mol. The average Bonchev–Trinajstić information content (AvgIpc) is 2.84. The van der Waals surface area contributed by atoms with Crippen LogP contribution in [0.25, 0.3) is 0 Å². The maximum Gasteiger partial charge on any atom is 0.240 e. The number of sulfone groups is 1. The first-order valence-corrected chi connectivity index (χ1v) is 16.3. The summed E-state index contributed by atoms with van der Waals surface area (Å²) in [5.74, 6) is 0. The molecule has 0 amide bonds. The molecular weight excluding hydrogens is 532 g/mol. The number of rotatable bonds is 12. The molecule has 11 heteroatoms. The van der Waals surface area contributed by atoms with Gasteiger partial charge in [0.25, 0.3) is 0 Å². The van der Waals surface area contributed by atoms with Crippen LogP contribution < -0.4 is 9.44 Å². The Labute approximate surface area is 220 Å². The van der Waals surface area contributed by atoms with Gasteiger partial charge >= 0.3 is 0 Å². The Morgan fingerprint density at radius 2 is 0.811 bits per heavy atom. The van der Waals surface area contributed by atoms with Gasteiger partial charge in [0.1, 0.15) is 0 Å². The molecule has 37 heavy (non-hydrogen) atoms. The van der Waals surface area contributed by atoms with Crippen LogP contribution in [-0.2, 0) is 29.9 Å². The molecule has 0 atom stereocenters. The first-order chi connectivity index (χ1) is 17.3. The van der Waals surface area contributed by atoms with Crippen molar-refractivity contribution in [3.63, 3.8) is 0 Å². The summed E-state index contributed by atoms with van der Waals surface area (Å²) in [7, 11) is -11.5. The predicted octanol–water partition coefficient (Wildman–Crippen LogP) is 3.49. The normalized spacial score (nSPS) is 12.6. The Morgan fingerprint density at radius 3 is 1.14 bits per heavy atom. The lowest BCUT2D eigenvalue weighted by molar-refractivity contribution is 0.543. The molecule has 0 spiro atoms. The molecule has 2 N–H and O–H groups in total. The van der Waals surface area contributed by atoms with Gasteiger partial charge in [-0.15, -0.1) is 0 Å². The maximum absolute atomic E-state index is 13.4. The summed E-state index contributed by atoms with van der Waals surface area (Å²) < 4.78 is 82.4.